The molecule has 2 heteroatoms. The highest BCUT2D eigenvalue weighted by molar-refractivity contribution is 5.32. The van der Waals surface area contributed by atoms with Gasteiger partial charge < -0.3 is 9.47 Å². The fourth-order valence-electron chi connectivity index (χ4n) is 1.45. The van der Waals surface area contributed by atoms with Crippen molar-refractivity contribution in [2.24, 2.45) is 0 Å². The SMILES string of the molecule is COCCCOc1cccc(C(C)(C)C)c1. The highest BCUT2D eigenvalue weighted by atomic mass is 16.5. The predicted octanol–water partition coefficient (Wildman–Crippen LogP) is 3.40. The van der Waals surface area contributed by atoms with Crippen LogP contribution in [0, 0.1) is 0 Å². The summed E-state index contributed by atoms with van der Waals surface area (Å²) in [6.45, 7) is 8.07. The molecule has 1 rings (SSSR count). The van der Waals surface area contributed by atoms with Crippen molar-refractivity contribution in [2.75, 3.05) is 20.3 Å². The second-order valence-electron chi connectivity index (χ2n) is 4.97. The first-order chi connectivity index (χ1) is 7.54. The van der Waals surface area contributed by atoms with Gasteiger partial charge in [-0.3, -0.25) is 0 Å². The first-order valence-corrected chi connectivity index (χ1v) is 5.76. The first-order valence-electron chi connectivity index (χ1n) is 5.76. The number of methoxy groups -OCH3 is 1. The van der Waals surface area contributed by atoms with E-state index in [2.05, 4.69) is 32.9 Å². The number of benzene rings is 1. The average molecular weight is 222 g/mol. The summed E-state index contributed by atoms with van der Waals surface area (Å²) >= 11 is 0. The number of hydrogen-bond acceptors (Lipinski definition) is 2. The van der Waals surface area contributed by atoms with Gasteiger partial charge in [-0.2, -0.15) is 0 Å². The lowest BCUT2D eigenvalue weighted by Gasteiger charge is -2.19. The molecule has 2 nitrogen and oxygen atoms in total. The van der Waals surface area contributed by atoms with Gasteiger partial charge in [-0.25, -0.2) is 0 Å². The van der Waals surface area contributed by atoms with E-state index in [0.717, 1.165) is 18.8 Å². The third kappa shape index (κ3) is 4.23. The number of hydrogen-bond donors (Lipinski definition) is 0. The van der Waals surface area contributed by atoms with Gasteiger partial charge in [0.1, 0.15) is 5.75 Å². The quantitative estimate of drug-likeness (QED) is 0.711. The summed E-state index contributed by atoms with van der Waals surface area (Å²) in [6, 6.07) is 8.31. The second-order valence-corrected chi connectivity index (χ2v) is 4.97. The molecule has 0 amide bonds. The molecule has 0 saturated heterocycles. The normalized spacial score (nSPS) is 11.5. The van der Waals surface area contributed by atoms with Crippen LogP contribution in [-0.2, 0) is 10.2 Å². The fraction of sp³-hybridized carbons (Fsp3) is 0.571. The molecule has 0 spiro atoms. The maximum absolute atomic E-state index is 5.66. The van der Waals surface area contributed by atoms with Crippen molar-refractivity contribution in [1.29, 1.82) is 0 Å². The summed E-state index contributed by atoms with van der Waals surface area (Å²) in [6.07, 6.45) is 0.927. The molecular formula is C14H22O2. The maximum atomic E-state index is 5.66. The molecule has 0 aliphatic rings. The zero-order chi connectivity index (χ0) is 12.0. The van der Waals surface area contributed by atoms with E-state index in [4.69, 9.17) is 9.47 Å². The fourth-order valence-corrected chi connectivity index (χ4v) is 1.45. The Kier molecular flexibility index (Phi) is 4.81. The molecule has 0 saturated carbocycles. The van der Waals surface area contributed by atoms with Crippen LogP contribution in [0.5, 0.6) is 5.75 Å². The van der Waals surface area contributed by atoms with Gasteiger partial charge in [-0.1, -0.05) is 32.9 Å². The van der Waals surface area contributed by atoms with E-state index in [1.807, 2.05) is 12.1 Å². The van der Waals surface area contributed by atoms with E-state index in [0.29, 0.717) is 6.61 Å². The molecule has 0 heterocycles. The Morgan fingerprint density at radius 2 is 1.88 bits per heavy atom. The van der Waals surface area contributed by atoms with Crippen LogP contribution in [0.2, 0.25) is 0 Å². The highest BCUT2D eigenvalue weighted by Crippen LogP contribution is 2.25. The summed E-state index contributed by atoms with van der Waals surface area (Å²) in [5, 5.41) is 0. The molecular weight excluding hydrogens is 200 g/mol. The molecule has 0 unspecified atom stereocenters. The lowest BCUT2D eigenvalue weighted by Crippen LogP contribution is -2.11. The molecule has 0 atom stereocenters. The third-order valence-electron chi connectivity index (χ3n) is 2.46. The summed E-state index contributed by atoms with van der Waals surface area (Å²) < 4.78 is 10.6. The molecule has 0 bridgehead atoms. The average Bonchev–Trinajstić information content (AvgIpc) is 2.24. The van der Waals surface area contributed by atoms with Crippen LogP contribution in [-0.4, -0.2) is 20.3 Å². The molecule has 0 aliphatic heterocycles. The van der Waals surface area contributed by atoms with Crippen molar-refractivity contribution >= 4 is 0 Å². The van der Waals surface area contributed by atoms with E-state index in [9.17, 15) is 0 Å². The summed E-state index contributed by atoms with van der Waals surface area (Å²) in [5.74, 6) is 0.948. The molecule has 0 radical (unpaired) electrons. The number of ether oxygens (including phenoxy) is 2. The van der Waals surface area contributed by atoms with Crippen molar-refractivity contribution in [3.8, 4) is 5.75 Å². The van der Waals surface area contributed by atoms with E-state index in [1.165, 1.54) is 5.56 Å². The molecule has 0 N–H and O–H groups in total. The minimum atomic E-state index is 0.173. The van der Waals surface area contributed by atoms with Gasteiger partial charge in [0.2, 0.25) is 0 Å². The lowest BCUT2D eigenvalue weighted by atomic mass is 9.87. The van der Waals surface area contributed by atoms with Gasteiger partial charge >= 0.3 is 0 Å². The Hall–Kier alpha value is -1.02. The molecule has 16 heavy (non-hydrogen) atoms. The van der Waals surface area contributed by atoms with Crippen LogP contribution in [0.4, 0.5) is 0 Å². The predicted molar refractivity (Wildman–Crippen MR) is 67.1 cm³/mol. The maximum Gasteiger partial charge on any atom is 0.119 e. The van der Waals surface area contributed by atoms with Crippen LogP contribution in [0.3, 0.4) is 0 Å². The molecule has 1 aromatic rings. The summed E-state index contributed by atoms with van der Waals surface area (Å²) in [5.41, 5.74) is 1.48. The van der Waals surface area contributed by atoms with E-state index < -0.39 is 0 Å². The summed E-state index contributed by atoms with van der Waals surface area (Å²) in [7, 11) is 1.71. The van der Waals surface area contributed by atoms with Gasteiger partial charge in [-0.15, -0.1) is 0 Å². The molecule has 0 fully saturated rings. The largest absolute Gasteiger partial charge is 0.493 e. The van der Waals surface area contributed by atoms with Crippen molar-refractivity contribution < 1.29 is 9.47 Å². The van der Waals surface area contributed by atoms with Crippen molar-refractivity contribution in [2.45, 2.75) is 32.6 Å². The third-order valence-corrected chi connectivity index (χ3v) is 2.46. The van der Waals surface area contributed by atoms with E-state index in [1.54, 1.807) is 7.11 Å². The van der Waals surface area contributed by atoms with E-state index in [-0.39, 0.29) is 5.41 Å². The minimum absolute atomic E-state index is 0.173. The Labute approximate surface area is 98.6 Å². The Balaban J connectivity index is 2.54. The standard InChI is InChI=1S/C14H22O2/c1-14(2,3)12-7-5-8-13(11-12)16-10-6-9-15-4/h5,7-8,11H,6,9-10H2,1-4H3. The van der Waals surface area contributed by atoms with E-state index >= 15 is 0 Å². The smallest absolute Gasteiger partial charge is 0.119 e. The van der Waals surface area contributed by atoms with Crippen LogP contribution in [0.25, 0.3) is 0 Å². The highest BCUT2D eigenvalue weighted by Gasteiger charge is 2.13. The second kappa shape index (κ2) is 5.90. The monoisotopic (exact) mass is 222 g/mol. The topological polar surface area (TPSA) is 18.5 Å². The van der Waals surface area contributed by atoms with Crippen LogP contribution < -0.4 is 4.74 Å². The number of rotatable bonds is 5. The van der Waals surface area contributed by atoms with Gasteiger partial charge in [-0.05, 0) is 23.1 Å². The van der Waals surface area contributed by atoms with Gasteiger partial charge in [0.25, 0.3) is 0 Å². The van der Waals surface area contributed by atoms with Gasteiger partial charge in [0.15, 0.2) is 0 Å². The van der Waals surface area contributed by atoms with Crippen LogP contribution in [0.15, 0.2) is 24.3 Å². The van der Waals surface area contributed by atoms with Crippen LogP contribution in [0.1, 0.15) is 32.8 Å². The summed E-state index contributed by atoms with van der Waals surface area (Å²) in [4.78, 5) is 0. The van der Waals surface area contributed by atoms with Gasteiger partial charge in [0.05, 0.1) is 6.61 Å². The Morgan fingerprint density at radius 3 is 2.50 bits per heavy atom. The zero-order valence-corrected chi connectivity index (χ0v) is 10.7. The molecule has 0 aliphatic carbocycles. The molecule has 90 valence electrons. The van der Waals surface area contributed by atoms with Crippen molar-refractivity contribution in [3.05, 3.63) is 29.8 Å². The Bertz CT molecular complexity index is 313. The first kappa shape index (κ1) is 13.0. The minimum Gasteiger partial charge on any atom is -0.493 e. The molecule has 0 aromatic heterocycles. The zero-order valence-electron chi connectivity index (χ0n) is 10.7. The van der Waals surface area contributed by atoms with Crippen molar-refractivity contribution in [3.63, 3.8) is 0 Å². The van der Waals surface area contributed by atoms with Crippen molar-refractivity contribution in [1.82, 2.24) is 0 Å². The Morgan fingerprint density at radius 1 is 1.12 bits per heavy atom. The lowest BCUT2D eigenvalue weighted by molar-refractivity contribution is 0.172. The molecule has 1 aromatic carbocycles. The van der Waals surface area contributed by atoms with Crippen LogP contribution >= 0.6 is 0 Å². The van der Waals surface area contributed by atoms with Gasteiger partial charge in [0, 0.05) is 20.1 Å².